The number of halogens is 5. The number of carbonyl (C=O) groups is 1. The average Bonchev–Trinajstić information content (AvgIpc) is 3.40. The van der Waals surface area contributed by atoms with Gasteiger partial charge in [-0.1, -0.05) is 24.3 Å². The molecular weight excluding hydrogens is 563 g/mol. The number of amides is 1. The third kappa shape index (κ3) is 5.42. The number of ether oxygens (including phenoxy) is 2. The minimum atomic E-state index is -4.88. The van der Waals surface area contributed by atoms with Crippen LogP contribution in [0.2, 0.25) is 0 Å². The fourth-order valence-electron chi connectivity index (χ4n) is 4.20. The third-order valence-electron chi connectivity index (χ3n) is 5.99. The highest BCUT2D eigenvalue weighted by molar-refractivity contribution is 7.89. The summed E-state index contributed by atoms with van der Waals surface area (Å²) >= 11 is 0. The molecule has 0 bridgehead atoms. The first-order valence-corrected chi connectivity index (χ1v) is 13.0. The van der Waals surface area contributed by atoms with Crippen LogP contribution in [-0.2, 0) is 34.0 Å². The smallest absolute Gasteiger partial charge is 0.395 e. The first-order valence-electron chi connectivity index (χ1n) is 11.5. The maximum atomic E-state index is 13.9. The zero-order valence-corrected chi connectivity index (χ0v) is 21.2. The van der Waals surface area contributed by atoms with Crippen molar-refractivity contribution in [3.8, 4) is 11.5 Å². The Bertz CT molecular complexity index is 1720. The molecular formula is C25H19F5N4O5S. The normalized spacial score (nSPS) is 14.4. The van der Waals surface area contributed by atoms with E-state index in [1.165, 1.54) is 67.7 Å². The van der Waals surface area contributed by atoms with Gasteiger partial charge in [0.25, 0.3) is 0 Å². The average molecular weight is 583 g/mol. The Hall–Kier alpha value is -4.24. The molecule has 0 unspecified atom stereocenters. The maximum Gasteiger partial charge on any atom is 0.586 e. The van der Waals surface area contributed by atoms with Gasteiger partial charge in [0.05, 0.1) is 28.9 Å². The number of nitrogens with zero attached hydrogens (tertiary/aromatic N) is 2. The zero-order chi connectivity index (χ0) is 28.9. The predicted molar refractivity (Wildman–Crippen MR) is 132 cm³/mol. The molecule has 1 aliphatic heterocycles. The van der Waals surface area contributed by atoms with E-state index in [0.29, 0.717) is 5.56 Å². The molecule has 0 fully saturated rings. The number of alkyl halides is 5. The van der Waals surface area contributed by atoms with Gasteiger partial charge in [-0.3, -0.25) is 4.79 Å². The summed E-state index contributed by atoms with van der Waals surface area (Å²) in [5.74, 6) is -2.45. The van der Waals surface area contributed by atoms with Crippen molar-refractivity contribution in [2.24, 2.45) is 0 Å². The second kappa shape index (κ2) is 9.75. The van der Waals surface area contributed by atoms with Crippen LogP contribution in [-0.4, -0.2) is 37.2 Å². The van der Waals surface area contributed by atoms with Gasteiger partial charge in [-0.05, 0) is 49.0 Å². The molecule has 9 nitrogen and oxygen atoms in total. The summed E-state index contributed by atoms with van der Waals surface area (Å²) in [5.41, 5.74) is 0.633. The number of nitrogens with one attached hydrogen (secondary N) is 2. The minimum Gasteiger partial charge on any atom is -0.395 e. The number of aromatic nitrogens is 2. The van der Waals surface area contributed by atoms with Crippen molar-refractivity contribution in [1.29, 1.82) is 0 Å². The molecule has 0 spiro atoms. The summed E-state index contributed by atoms with van der Waals surface area (Å²) in [5, 5.41) is 2.58. The highest BCUT2D eigenvalue weighted by Gasteiger charge is 2.45. The van der Waals surface area contributed by atoms with Crippen LogP contribution in [0.25, 0.3) is 11.0 Å². The molecule has 1 aromatic heterocycles. The van der Waals surface area contributed by atoms with Crippen molar-refractivity contribution in [3.63, 3.8) is 0 Å². The largest absolute Gasteiger partial charge is 0.586 e. The van der Waals surface area contributed by atoms with Gasteiger partial charge in [0.2, 0.25) is 21.8 Å². The molecule has 2 heterocycles. The molecule has 40 heavy (non-hydrogen) atoms. The predicted octanol–water partition coefficient (Wildman–Crippen LogP) is 4.51. The van der Waals surface area contributed by atoms with Gasteiger partial charge in [0, 0.05) is 11.3 Å². The van der Waals surface area contributed by atoms with Crippen molar-refractivity contribution < 1.29 is 44.6 Å². The number of hydrogen-bond donors (Lipinski definition) is 2. The number of imidazole rings is 1. The Balaban J connectivity index is 1.39. The van der Waals surface area contributed by atoms with Crippen LogP contribution in [0.3, 0.4) is 0 Å². The fourth-order valence-corrected chi connectivity index (χ4v) is 4.93. The quantitative estimate of drug-likeness (QED) is 0.310. The monoisotopic (exact) mass is 582 g/mol. The molecule has 1 amide bonds. The molecule has 0 atom stereocenters. The standard InChI is InChI=1S/C25H19F5N4O5S/c1-31-40(36,37)17-8-5-14(6-9-17)11-21(35)32-16-7-10-19-18(12-16)33-23(24(26,27)28)34(19)13-15-3-2-4-20-22(15)39-25(29,30)38-20/h2-10,12,31H,11,13H2,1H3,(H,32,35). The van der Waals surface area contributed by atoms with Crippen LogP contribution >= 0.6 is 0 Å². The number of anilines is 1. The number of sulfonamides is 1. The lowest BCUT2D eigenvalue weighted by atomic mass is 10.1. The minimum absolute atomic E-state index is 0.0189. The van der Waals surface area contributed by atoms with Crippen molar-refractivity contribution >= 4 is 32.7 Å². The van der Waals surface area contributed by atoms with Gasteiger partial charge in [0.1, 0.15) is 0 Å². The van der Waals surface area contributed by atoms with Gasteiger partial charge < -0.3 is 19.4 Å². The summed E-state index contributed by atoms with van der Waals surface area (Å²) < 4.78 is 104. The number of para-hydroxylation sites is 1. The molecule has 4 aromatic rings. The van der Waals surface area contributed by atoms with Crippen molar-refractivity contribution in [2.75, 3.05) is 12.4 Å². The van der Waals surface area contributed by atoms with E-state index >= 15 is 0 Å². The highest BCUT2D eigenvalue weighted by Crippen LogP contribution is 2.44. The zero-order valence-electron chi connectivity index (χ0n) is 20.4. The molecule has 0 saturated heterocycles. The number of benzene rings is 3. The van der Waals surface area contributed by atoms with Crippen LogP contribution in [0.5, 0.6) is 11.5 Å². The van der Waals surface area contributed by atoms with Crippen molar-refractivity contribution in [2.45, 2.75) is 30.3 Å². The van der Waals surface area contributed by atoms with Gasteiger partial charge in [-0.2, -0.15) is 13.2 Å². The highest BCUT2D eigenvalue weighted by atomic mass is 32.2. The van der Waals surface area contributed by atoms with E-state index in [1.807, 2.05) is 0 Å². The third-order valence-corrected chi connectivity index (χ3v) is 7.42. The Labute approximate surface area is 223 Å². The number of carbonyl (C=O) groups excluding carboxylic acids is 1. The lowest BCUT2D eigenvalue weighted by Gasteiger charge is -2.13. The SMILES string of the molecule is CNS(=O)(=O)c1ccc(CC(=O)Nc2ccc3c(c2)nc(C(F)(F)F)n3Cc2cccc3c2OC(F)(F)O3)cc1. The van der Waals surface area contributed by atoms with E-state index < -0.39 is 40.8 Å². The second-order valence-electron chi connectivity index (χ2n) is 8.71. The first kappa shape index (κ1) is 27.3. The molecule has 210 valence electrons. The topological polar surface area (TPSA) is 112 Å². The van der Waals surface area contributed by atoms with Crippen LogP contribution in [0.4, 0.5) is 27.6 Å². The number of hydrogen-bond acceptors (Lipinski definition) is 6. The Morgan fingerprint density at radius 2 is 1.77 bits per heavy atom. The van der Waals surface area contributed by atoms with Gasteiger partial charge in [-0.25, -0.2) is 18.1 Å². The fraction of sp³-hybridized carbons (Fsp3) is 0.200. The summed E-state index contributed by atoms with van der Waals surface area (Å²) in [6, 6.07) is 13.5. The van der Waals surface area contributed by atoms with Crippen LogP contribution in [0.1, 0.15) is 17.0 Å². The summed E-state index contributed by atoms with van der Waals surface area (Å²) in [6.07, 6.45) is -8.96. The van der Waals surface area contributed by atoms with E-state index in [9.17, 15) is 35.2 Å². The van der Waals surface area contributed by atoms with Gasteiger partial charge in [0.15, 0.2) is 11.5 Å². The Kier molecular flexibility index (Phi) is 6.66. The van der Waals surface area contributed by atoms with Gasteiger partial charge >= 0.3 is 12.5 Å². The van der Waals surface area contributed by atoms with Gasteiger partial charge in [-0.15, -0.1) is 8.78 Å². The molecule has 15 heteroatoms. The maximum absolute atomic E-state index is 13.9. The number of rotatable bonds is 7. The van der Waals surface area contributed by atoms with E-state index in [4.69, 9.17) is 0 Å². The molecule has 0 radical (unpaired) electrons. The van der Waals surface area contributed by atoms with Crippen LogP contribution in [0.15, 0.2) is 65.6 Å². The van der Waals surface area contributed by atoms with E-state index in [0.717, 1.165) is 4.57 Å². The second-order valence-corrected chi connectivity index (χ2v) is 10.6. The lowest BCUT2D eigenvalue weighted by Crippen LogP contribution is -2.26. The Morgan fingerprint density at radius 1 is 1.05 bits per heavy atom. The summed E-state index contributed by atoms with van der Waals surface area (Å²) in [7, 11) is -2.37. The van der Waals surface area contributed by atoms with Crippen molar-refractivity contribution in [3.05, 3.63) is 77.6 Å². The number of fused-ring (bicyclic) bond motifs is 2. The molecule has 0 saturated carbocycles. The van der Waals surface area contributed by atoms with Crippen molar-refractivity contribution in [1.82, 2.24) is 14.3 Å². The lowest BCUT2D eigenvalue weighted by molar-refractivity contribution is -0.287. The molecule has 5 rings (SSSR count). The van der Waals surface area contributed by atoms with Crippen LogP contribution in [0, 0.1) is 0 Å². The summed E-state index contributed by atoms with van der Waals surface area (Å²) in [6.45, 7) is -0.501. The summed E-state index contributed by atoms with van der Waals surface area (Å²) in [4.78, 5) is 16.3. The first-order chi connectivity index (χ1) is 18.8. The molecule has 2 N–H and O–H groups in total. The van der Waals surface area contributed by atoms with E-state index in [1.54, 1.807) is 0 Å². The molecule has 0 aliphatic carbocycles. The van der Waals surface area contributed by atoms with Crippen LogP contribution < -0.4 is 19.5 Å². The van der Waals surface area contributed by atoms with E-state index in [2.05, 4.69) is 24.5 Å². The van der Waals surface area contributed by atoms with E-state index in [-0.39, 0.29) is 45.1 Å². The Morgan fingerprint density at radius 3 is 2.45 bits per heavy atom. The molecule has 1 aliphatic rings. The molecule has 3 aromatic carbocycles.